The van der Waals surface area contributed by atoms with Crippen molar-refractivity contribution < 1.29 is 19.4 Å². The van der Waals surface area contributed by atoms with E-state index in [2.05, 4.69) is 4.90 Å². The third-order valence-corrected chi connectivity index (χ3v) is 5.13. The van der Waals surface area contributed by atoms with E-state index < -0.39 is 0 Å². The molecule has 0 aromatic heterocycles. The fourth-order valence-electron chi connectivity index (χ4n) is 3.64. The molecule has 0 saturated carbocycles. The van der Waals surface area contributed by atoms with E-state index in [1.807, 2.05) is 4.90 Å². The molecular formula is C17H30N2O4. The largest absolute Gasteiger partial charge is 0.394 e. The van der Waals surface area contributed by atoms with Crippen molar-refractivity contribution in [2.24, 2.45) is 5.92 Å². The standard InChI is InChI=1S/C17H30N2O4/c1-14(21)15-2-7-18(8-3-15)16-4-9-19(10-5-16)17(22)6-12-23-13-11-20/h15-16,20H,2-13H2,1H3. The predicted molar refractivity (Wildman–Crippen MR) is 87.1 cm³/mol. The van der Waals surface area contributed by atoms with Gasteiger partial charge in [0.1, 0.15) is 5.78 Å². The molecule has 0 spiro atoms. The Morgan fingerprint density at radius 1 is 1.04 bits per heavy atom. The first kappa shape index (κ1) is 18.4. The molecule has 2 heterocycles. The number of piperidine rings is 2. The van der Waals surface area contributed by atoms with E-state index in [9.17, 15) is 9.59 Å². The fourth-order valence-corrected chi connectivity index (χ4v) is 3.64. The van der Waals surface area contributed by atoms with Crippen LogP contribution in [0.5, 0.6) is 0 Å². The molecule has 1 amide bonds. The van der Waals surface area contributed by atoms with Gasteiger partial charge >= 0.3 is 0 Å². The Bertz CT molecular complexity index is 386. The summed E-state index contributed by atoms with van der Waals surface area (Å²) < 4.78 is 5.16. The molecule has 2 aliphatic heterocycles. The molecule has 6 nitrogen and oxygen atoms in total. The lowest BCUT2D eigenvalue weighted by Crippen LogP contribution is -2.49. The minimum absolute atomic E-state index is 0.0000943. The maximum absolute atomic E-state index is 12.1. The molecule has 2 fully saturated rings. The number of amides is 1. The first-order valence-electron chi connectivity index (χ1n) is 8.82. The Morgan fingerprint density at radius 2 is 1.70 bits per heavy atom. The van der Waals surface area contributed by atoms with Crippen LogP contribution in [0.25, 0.3) is 0 Å². The van der Waals surface area contributed by atoms with Gasteiger partial charge in [0.15, 0.2) is 0 Å². The summed E-state index contributed by atoms with van der Waals surface area (Å²) in [5.41, 5.74) is 0. The van der Waals surface area contributed by atoms with Crippen molar-refractivity contribution in [1.82, 2.24) is 9.80 Å². The third kappa shape index (κ3) is 5.55. The van der Waals surface area contributed by atoms with Gasteiger partial charge in [0.2, 0.25) is 5.91 Å². The van der Waals surface area contributed by atoms with Crippen molar-refractivity contribution in [3.05, 3.63) is 0 Å². The van der Waals surface area contributed by atoms with Gasteiger partial charge in [0.25, 0.3) is 0 Å². The summed E-state index contributed by atoms with van der Waals surface area (Å²) in [6.45, 7) is 6.04. The molecule has 0 aromatic rings. The molecule has 0 radical (unpaired) electrons. The van der Waals surface area contributed by atoms with E-state index in [0.29, 0.717) is 31.5 Å². The summed E-state index contributed by atoms with van der Waals surface area (Å²) in [4.78, 5) is 28.0. The Hall–Kier alpha value is -0.980. The first-order valence-corrected chi connectivity index (χ1v) is 8.82. The summed E-state index contributed by atoms with van der Waals surface area (Å²) in [7, 11) is 0. The zero-order chi connectivity index (χ0) is 16.7. The minimum atomic E-state index is -0.0000943. The second-order valence-electron chi connectivity index (χ2n) is 6.62. The minimum Gasteiger partial charge on any atom is -0.394 e. The number of Topliss-reactive ketones (excluding diaryl/α,β-unsaturated/α-hetero) is 1. The van der Waals surface area contributed by atoms with Crippen LogP contribution in [0.1, 0.15) is 39.0 Å². The highest BCUT2D eigenvalue weighted by atomic mass is 16.5. The number of ether oxygens (including phenoxy) is 1. The molecule has 0 aliphatic carbocycles. The Balaban J connectivity index is 1.66. The second kappa shape index (κ2) is 9.35. The number of carbonyl (C=O) groups is 2. The number of rotatable bonds is 7. The average Bonchev–Trinajstić information content (AvgIpc) is 2.59. The van der Waals surface area contributed by atoms with Crippen molar-refractivity contribution in [3.63, 3.8) is 0 Å². The second-order valence-corrected chi connectivity index (χ2v) is 6.62. The van der Waals surface area contributed by atoms with Gasteiger partial charge in [-0.2, -0.15) is 0 Å². The number of hydrogen-bond donors (Lipinski definition) is 1. The van der Waals surface area contributed by atoms with Crippen LogP contribution in [-0.2, 0) is 14.3 Å². The zero-order valence-electron chi connectivity index (χ0n) is 14.2. The number of aliphatic hydroxyl groups excluding tert-OH is 1. The third-order valence-electron chi connectivity index (χ3n) is 5.13. The fraction of sp³-hybridized carbons (Fsp3) is 0.882. The number of likely N-dealkylation sites (tertiary alicyclic amines) is 2. The molecule has 0 bridgehead atoms. The average molecular weight is 326 g/mol. The molecule has 1 N–H and O–H groups in total. The van der Waals surface area contributed by atoms with Crippen molar-refractivity contribution >= 4 is 11.7 Å². The lowest BCUT2D eigenvalue weighted by molar-refractivity contribution is -0.134. The number of nitrogens with zero attached hydrogens (tertiary/aromatic N) is 2. The molecule has 2 saturated heterocycles. The van der Waals surface area contributed by atoms with E-state index in [1.54, 1.807) is 6.92 Å². The van der Waals surface area contributed by atoms with Gasteiger partial charge in [-0.25, -0.2) is 0 Å². The van der Waals surface area contributed by atoms with Gasteiger partial charge in [-0.15, -0.1) is 0 Å². The highest BCUT2D eigenvalue weighted by Crippen LogP contribution is 2.24. The monoisotopic (exact) mass is 326 g/mol. The lowest BCUT2D eigenvalue weighted by Gasteiger charge is -2.41. The Kier molecular flexibility index (Phi) is 7.46. The Labute approximate surface area is 138 Å². The van der Waals surface area contributed by atoms with Crippen molar-refractivity contribution in [1.29, 1.82) is 0 Å². The molecule has 0 atom stereocenters. The van der Waals surface area contributed by atoms with E-state index in [1.165, 1.54) is 0 Å². The van der Waals surface area contributed by atoms with Crippen LogP contribution in [0.2, 0.25) is 0 Å². The van der Waals surface area contributed by atoms with Gasteiger partial charge in [0.05, 0.1) is 26.2 Å². The normalized spacial score (nSPS) is 21.6. The summed E-state index contributed by atoms with van der Waals surface area (Å²) in [6, 6.07) is 0.553. The summed E-state index contributed by atoms with van der Waals surface area (Å²) in [6.07, 6.45) is 4.41. The predicted octanol–water partition coefficient (Wildman–Crippen LogP) is 0.677. The van der Waals surface area contributed by atoms with E-state index in [4.69, 9.17) is 9.84 Å². The van der Waals surface area contributed by atoms with Crippen molar-refractivity contribution in [2.45, 2.75) is 45.1 Å². The highest BCUT2D eigenvalue weighted by Gasteiger charge is 2.30. The summed E-state index contributed by atoms with van der Waals surface area (Å²) in [5, 5.41) is 8.64. The smallest absolute Gasteiger partial charge is 0.224 e. The van der Waals surface area contributed by atoms with Crippen LogP contribution in [0.15, 0.2) is 0 Å². The number of carbonyl (C=O) groups excluding carboxylic acids is 2. The maximum Gasteiger partial charge on any atom is 0.224 e. The van der Waals surface area contributed by atoms with Gasteiger partial charge in [-0.3, -0.25) is 9.59 Å². The van der Waals surface area contributed by atoms with Crippen molar-refractivity contribution in [3.8, 4) is 0 Å². The van der Waals surface area contributed by atoms with Crippen LogP contribution >= 0.6 is 0 Å². The van der Waals surface area contributed by atoms with Crippen LogP contribution in [0.3, 0.4) is 0 Å². The van der Waals surface area contributed by atoms with Crippen LogP contribution < -0.4 is 0 Å². The molecule has 6 heteroatoms. The van der Waals surface area contributed by atoms with E-state index in [-0.39, 0.29) is 18.4 Å². The van der Waals surface area contributed by atoms with Gasteiger partial charge < -0.3 is 19.6 Å². The molecule has 2 rings (SSSR count). The van der Waals surface area contributed by atoms with Gasteiger partial charge in [0, 0.05) is 25.0 Å². The summed E-state index contributed by atoms with van der Waals surface area (Å²) in [5.74, 6) is 0.733. The number of hydrogen-bond acceptors (Lipinski definition) is 5. The molecule has 132 valence electrons. The van der Waals surface area contributed by atoms with Crippen molar-refractivity contribution in [2.75, 3.05) is 46.0 Å². The molecular weight excluding hydrogens is 296 g/mol. The van der Waals surface area contributed by atoms with Crippen LogP contribution in [0, 0.1) is 5.92 Å². The van der Waals surface area contributed by atoms with Crippen LogP contribution in [-0.4, -0.2) is 78.6 Å². The molecule has 23 heavy (non-hydrogen) atoms. The van der Waals surface area contributed by atoms with Crippen LogP contribution in [0.4, 0.5) is 0 Å². The number of aliphatic hydroxyl groups is 1. The van der Waals surface area contributed by atoms with E-state index in [0.717, 1.165) is 51.9 Å². The van der Waals surface area contributed by atoms with Gasteiger partial charge in [-0.1, -0.05) is 0 Å². The first-order chi connectivity index (χ1) is 11.1. The lowest BCUT2D eigenvalue weighted by atomic mass is 9.91. The topological polar surface area (TPSA) is 70.1 Å². The highest BCUT2D eigenvalue weighted by molar-refractivity contribution is 5.78. The number of ketones is 1. The zero-order valence-corrected chi connectivity index (χ0v) is 14.2. The maximum atomic E-state index is 12.1. The summed E-state index contributed by atoms with van der Waals surface area (Å²) >= 11 is 0. The molecule has 2 aliphatic rings. The van der Waals surface area contributed by atoms with Gasteiger partial charge in [-0.05, 0) is 45.7 Å². The Morgan fingerprint density at radius 3 is 2.26 bits per heavy atom. The SMILES string of the molecule is CC(=O)C1CCN(C2CCN(C(=O)CCOCCO)CC2)CC1. The molecule has 0 unspecified atom stereocenters. The molecule has 0 aromatic carbocycles. The quantitative estimate of drug-likeness (QED) is 0.697. The van der Waals surface area contributed by atoms with E-state index >= 15 is 0 Å².